The van der Waals surface area contributed by atoms with Gasteiger partial charge >= 0.3 is 5.97 Å². The highest BCUT2D eigenvalue weighted by molar-refractivity contribution is 5.87. The Bertz CT molecular complexity index is 634. The van der Waals surface area contributed by atoms with Crippen molar-refractivity contribution in [3.05, 3.63) is 12.2 Å². The SMILES string of the molecule is CCCCCCC/C=C/C(=O)OC(CCCCCCC)CC(=O)CC(CO)C(=O)NC(CO)CC(C)C. The van der Waals surface area contributed by atoms with Crippen molar-refractivity contribution in [2.24, 2.45) is 11.8 Å². The highest BCUT2D eigenvalue weighted by atomic mass is 16.5. The number of unbranched alkanes of at least 4 members (excludes halogenated alkanes) is 9. The Labute approximate surface area is 225 Å². The van der Waals surface area contributed by atoms with Gasteiger partial charge in [-0.25, -0.2) is 4.79 Å². The predicted octanol–water partition coefficient (Wildman–Crippen LogP) is 5.66. The number of aliphatic hydroxyl groups excluding tert-OH is 2. The van der Waals surface area contributed by atoms with Crippen molar-refractivity contribution in [2.45, 2.75) is 136 Å². The van der Waals surface area contributed by atoms with Gasteiger partial charge in [-0.2, -0.15) is 0 Å². The van der Waals surface area contributed by atoms with Crippen LogP contribution >= 0.6 is 0 Å². The number of Topliss-reactive ketones (excluding diaryl/α,β-unsaturated/α-hetero) is 1. The summed E-state index contributed by atoms with van der Waals surface area (Å²) < 4.78 is 5.63. The Morgan fingerprint density at radius 3 is 2.03 bits per heavy atom. The van der Waals surface area contributed by atoms with Gasteiger partial charge in [0.15, 0.2) is 0 Å². The summed E-state index contributed by atoms with van der Waals surface area (Å²) in [6.45, 7) is 7.67. The number of ketones is 1. The van der Waals surface area contributed by atoms with E-state index < -0.39 is 36.5 Å². The number of hydrogen-bond acceptors (Lipinski definition) is 6. The molecule has 0 saturated heterocycles. The first-order valence-electron chi connectivity index (χ1n) is 14.7. The second-order valence-electron chi connectivity index (χ2n) is 10.7. The highest BCUT2D eigenvalue weighted by Gasteiger charge is 2.26. The zero-order chi connectivity index (χ0) is 27.9. The minimum atomic E-state index is -0.887. The Hall–Kier alpha value is -1.73. The molecular formula is C30H55NO6. The van der Waals surface area contributed by atoms with Crippen molar-refractivity contribution in [3.8, 4) is 0 Å². The maximum absolute atomic E-state index is 12.8. The topological polar surface area (TPSA) is 113 Å². The maximum Gasteiger partial charge on any atom is 0.330 e. The number of rotatable bonds is 24. The van der Waals surface area contributed by atoms with E-state index in [-0.39, 0.29) is 31.1 Å². The fourth-order valence-electron chi connectivity index (χ4n) is 4.35. The molecule has 37 heavy (non-hydrogen) atoms. The van der Waals surface area contributed by atoms with Crippen molar-refractivity contribution in [2.75, 3.05) is 13.2 Å². The largest absolute Gasteiger partial charge is 0.459 e. The van der Waals surface area contributed by atoms with E-state index in [1.54, 1.807) is 0 Å². The standard InChI is InChI=1S/C30H55NO6/c1-5-7-9-11-12-14-16-18-29(35)37-28(17-15-13-10-8-6-2)21-27(34)20-25(22-32)30(36)31-26(23-33)19-24(3)4/h16,18,24-26,28,32-33H,5-15,17,19-23H2,1-4H3,(H,31,36)/b18-16+. The molecule has 3 atom stereocenters. The average Bonchev–Trinajstić information content (AvgIpc) is 2.85. The Morgan fingerprint density at radius 2 is 1.46 bits per heavy atom. The van der Waals surface area contributed by atoms with Gasteiger partial charge in [-0.3, -0.25) is 9.59 Å². The van der Waals surface area contributed by atoms with Gasteiger partial charge in [0.1, 0.15) is 11.9 Å². The molecule has 7 nitrogen and oxygen atoms in total. The Balaban J connectivity index is 4.88. The molecule has 0 aliphatic rings. The first-order chi connectivity index (χ1) is 17.8. The van der Waals surface area contributed by atoms with E-state index in [1.165, 1.54) is 25.3 Å². The summed E-state index contributed by atoms with van der Waals surface area (Å²) in [5, 5.41) is 22.0. The Kier molecular flexibility index (Phi) is 22.3. The van der Waals surface area contributed by atoms with Crippen LogP contribution in [0.1, 0.15) is 124 Å². The van der Waals surface area contributed by atoms with Gasteiger partial charge < -0.3 is 20.3 Å². The fraction of sp³-hybridized carbons (Fsp3) is 0.833. The van der Waals surface area contributed by atoms with Crippen LogP contribution in [0.4, 0.5) is 0 Å². The summed E-state index contributed by atoms with van der Waals surface area (Å²) in [5.41, 5.74) is 0. The third-order valence-corrected chi connectivity index (χ3v) is 6.48. The van der Waals surface area contributed by atoms with Gasteiger partial charge in [0.2, 0.25) is 5.91 Å². The quantitative estimate of drug-likeness (QED) is 0.0852. The first-order valence-corrected chi connectivity index (χ1v) is 14.7. The second-order valence-corrected chi connectivity index (χ2v) is 10.7. The molecule has 0 aromatic rings. The normalized spacial score (nSPS) is 14.0. The molecule has 0 rings (SSSR count). The molecule has 3 N–H and O–H groups in total. The summed E-state index contributed by atoms with van der Waals surface area (Å²) in [4.78, 5) is 37.8. The van der Waals surface area contributed by atoms with Crippen LogP contribution in [0.5, 0.6) is 0 Å². The van der Waals surface area contributed by atoms with E-state index in [4.69, 9.17) is 4.74 Å². The summed E-state index contributed by atoms with van der Waals surface area (Å²) in [5.74, 6) is -1.69. The molecule has 0 aliphatic heterocycles. The van der Waals surface area contributed by atoms with Crippen molar-refractivity contribution >= 4 is 17.7 Å². The fourth-order valence-corrected chi connectivity index (χ4v) is 4.35. The minimum Gasteiger partial charge on any atom is -0.459 e. The number of nitrogens with one attached hydrogen (secondary N) is 1. The lowest BCUT2D eigenvalue weighted by Crippen LogP contribution is -2.43. The molecule has 216 valence electrons. The van der Waals surface area contributed by atoms with Crippen LogP contribution in [0.25, 0.3) is 0 Å². The van der Waals surface area contributed by atoms with Crippen molar-refractivity contribution < 1.29 is 29.3 Å². The summed E-state index contributed by atoms with van der Waals surface area (Å²) in [7, 11) is 0. The molecule has 0 saturated carbocycles. The smallest absolute Gasteiger partial charge is 0.330 e. The number of carbonyl (C=O) groups is 3. The van der Waals surface area contributed by atoms with E-state index in [2.05, 4.69) is 19.2 Å². The van der Waals surface area contributed by atoms with Crippen LogP contribution in [-0.4, -0.2) is 53.2 Å². The number of esters is 1. The van der Waals surface area contributed by atoms with Crippen LogP contribution in [0.15, 0.2) is 12.2 Å². The van der Waals surface area contributed by atoms with Gasteiger partial charge in [-0.1, -0.05) is 85.1 Å². The highest BCUT2D eigenvalue weighted by Crippen LogP contribution is 2.17. The van der Waals surface area contributed by atoms with Gasteiger partial charge in [-0.15, -0.1) is 0 Å². The van der Waals surface area contributed by atoms with Gasteiger partial charge in [0.25, 0.3) is 0 Å². The zero-order valence-corrected chi connectivity index (χ0v) is 24.0. The molecule has 0 aliphatic carbocycles. The number of aliphatic hydroxyl groups is 2. The minimum absolute atomic E-state index is 0.0313. The monoisotopic (exact) mass is 525 g/mol. The zero-order valence-electron chi connectivity index (χ0n) is 24.0. The molecule has 3 unspecified atom stereocenters. The molecule has 1 amide bonds. The summed E-state index contributed by atoms with van der Waals surface area (Å²) >= 11 is 0. The third kappa shape index (κ3) is 20.0. The van der Waals surface area contributed by atoms with Gasteiger partial charge in [0.05, 0.1) is 25.2 Å². The van der Waals surface area contributed by atoms with Crippen molar-refractivity contribution in [1.82, 2.24) is 5.32 Å². The molecule has 0 heterocycles. The number of allylic oxidation sites excluding steroid dienone is 1. The van der Waals surface area contributed by atoms with E-state index >= 15 is 0 Å². The van der Waals surface area contributed by atoms with Crippen LogP contribution in [0, 0.1) is 11.8 Å². The van der Waals surface area contributed by atoms with Crippen LogP contribution in [0.3, 0.4) is 0 Å². The molecule has 0 aromatic heterocycles. The van der Waals surface area contributed by atoms with E-state index in [1.807, 2.05) is 19.9 Å². The van der Waals surface area contributed by atoms with Crippen LogP contribution in [0.2, 0.25) is 0 Å². The Morgan fingerprint density at radius 1 is 0.838 bits per heavy atom. The summed E-state index contributed by atoms with van der Waals surface area (Å²) in [6, 6.07) is -0.410. The molecule has 0 spiro atoms. The lowest BCUT2D eigenvalue weighted by Gasteiger charge is -2.22. The number of carbonyl (C=O) groups excluding carboxylic acids is 3. The van der Waals surface area contributed by atoms with Gasteiger partial charge in [-0.05, 0) is 38.0 Å². The summed E-state index contributed by atoms with van der Waals surface area (Å²) in [6.07, 6.45) is 15.8. The number of hydrogen-bond donors (Lipinski definition) is 3. The number of ether oxygens (including phenoxy) is 1. The van der Waals surface area contributed by atoms with Crippen molar-refractivity contribution in [1.29, 1.82) is 0 Å². The molecule has 0 bridgehead atoms. The van der Waals surface area contributed by atoms with Crippen LogP contribution in [-0.2, 0) is 19.1 Å². The molecular weight excluding hydrogens is 470 g/mol. The van der Waals surface area contributed by atoms with E-state index in [9.17, 15) is 24.6 Å². The average molecular weight is 526 g/mol. The predicted molar refractivity (Wildman–Crippen MR) is 149 cm³/mol. The van der Waals surface area contributed by atoms with E-state index in [0.717, 1.165) is 51.4 Å². The van der Waals surface area contributed by atoms with Crippen LogP contribution < -0.4 is 5.32 Å². The second kappa shape index (κ2) is 23.4. The van der Waals surface area contributed by atoms with E-state index in [0.29, 0.717) is 12.8 Å². The molecule has 0 fully saturated rings. The lowest BCUT2D eigenvalue weighted by atomic mass is 9.96. The third-order valence-electron chi connectivity index (χ3n) is 6.48. The lowest BCUT2D eigenvalue weighted by molar-refractivity contribution is -0.145. The van der Waals surface area contributed by atoms with Gasteiger partial charge in [0, 0.05) is 18.9 Å². The van der Waals surface area contributed by atoms with Crippen molar-refractivity contribution in [3.63, 3.8) is 0 Å². The molecule has 0 radical (unpaired) electrons. The maximum atomic E-state index is 12.8. The molecule has 7 heteroatoms. The number of amides is 1. The molecule has 0 aromatic carbocycles. The first kappa shape index (κ1) is 35.3.